The molecule has 3 heterocycles. The van der Waals surface area contributed by atoms with Crippen LogP contribution in [0.4, 0.5) is 11.4 Å². The van der Waals surface area contributed by atoms with Gasteiger partial charge in [-0.25, -0.2) is 8.42 Å². The third-order valence-electron chi connectivity index (χ3n) is 7.68. The van der Waals surface area contributed by atoms with Gasteiger partial charge in [-0.2, -0.15) is 4.31 Å². The highest BCUT2D eigenvalue weighted by Gasteiger charge is 2.34. The maximum Gasteiger partial charge on any atom is 0.265 e. The Labute approximate surface area is 225 Å². The summed E-state index contributed by atoms with van der Waals surface area (Å²) in [6, 6.07) is 13.1. The number of hydrogen-bond acceptors (Lipinski definition) is 6. The minimum atomic E-state index is -3.71. The zero-order chi connectivity index (χ0) is 26.9. The molecule has 0 aliphatic carbocycles. The summed E-state index contributed by atoms with van der Waals surface area (Å²) in [5.74, 6) is -0.116. The molecule has 2 aromatic rings. The molecule has 2 amide bonds. The van der Waals surface area contributed by atoms with Crippen molar-refractivity contribution in [3.63, 3.8) is 0 Å². The van der Waals surface area contributed by atoms with Gasteiger partial charge < -0.3 is 14.5 Å². The van der Waals surface area contributed by atoms with Gasteiger partial charge in [-0.15, -0.1) is 0 Å². The lowest BCUT2D eigenvalue weighted by Gasteiger charge is -2.42. The maximum atomic E-state index is 13.4. The molecule has 0 saturated carbocycles. The predicted octanol–water partition coefficient (Wildman–Crippen LogP) is 3.02. The lowest BCUT2D eigenvalue weighted by Crippen LogP contribution is -2.56. The quantitative estimate of drug-likeness (QED) is 0.579. The average Bonchev–Trinajstić information content (AvgIpc) is 3.20. The molecule has 3 aliphatic heterocycles. The van der Waals surface area contributed by atoms with Crippen molar-refractivity contribution in [3.8, 4) is 5.75 Å². The molecule has 0 aromatic heterocycles. The molecule has 0 spiro atoms. The lowest BCUT2D eigenvalue weighted by molar-refractivity contribution is -0.132. The van der Waals surface area contributed by atoms with Crippen LogP contribution in [-0.2, 0) is 19.6 Å². The van der Waals surface area contributed by atoms with Crippen LogP contribution in [0.2, 0.25) is 0 Å². The molecule has 2 fully saturated rings. The number of aryl methyl sites for hydroxylation is 1. The van der Waals surface area contributed by atoms with E-state index in [1.807, 2.05) is 6.07 Å². The Bertz CT molecular complexity index is 1310. The van der Waals surface area contributed by atoms with E-state index >= 15 is 0 Å². The molecule has 0 unspecified atom stereocenters. The zero-order valence-electron chi connectivity index (χ0n) is 22.1. The SMILES string of the molecule is Cc1cccc(N2CCN(C(=O)CN3C(=O)COc4ccc(S(=O)(=O)N5CCCCCC5)cc43)C[C@@H]2C)c1. The van der Waals surface area contributed by atoms with Crippen molar-refractivity contribution < 1.29 is 22.7 Å². The van der Waals surface area contributed by atoms with Crippen LogP contribution in [0.3, 0.4) is 0 Å². The fraction of sp³-hybridized carbons (Fsp3) is 0.500. The number of carbonyl (C=O) groups is 2. The van der Waals surface area contributed by atoms with Crippen LogP contribution in [0.5, 0.6) is 5.75 Å². The maximum absolute atomic E-state index is 13.4. The fourth-order valence-corrected chi connectivity index (χ4v) is 7.09. The number of carbonyl (C=O) groups excluding carboxylic acids is 2. The molecular formula is C28H36N4O5S. The largest absolute Gasteiger partial charge is 0.482 e. The van der Waals surface area contributed by atoms with E-state index < -0.39 is 10.0 Å². The van der Waals surface area contributed by atoms with Crippen LogP contribution >= 0.6 is 0 Å². The Kier molecular flexibility index (Phi) is 7.63. The van der Waals surface area contributed by atoms with E-state index in [-0.39, 0.29) is 35.9 Å². The monoisotopic (exact) mass is 540 g/mol. The van der Waals surface area contributed by atoms with Crippen molar-refractivity contribution in [2.75, 3.05) is 55.7 Å². The average molecular weight is 541 g/mol. The van der Waals surface area contributed by atoms with Crippen molar-refractivity contribution in [1.82, 2.24) is 9.21 Å². The van der Waals surface area contributed by atoms with Crippen molar-refractivity contribution in [2.24, 2.45) is 0 Å². The number of piperazine rings is 1. The van der Waals surface area contributed by atoms with Gasteiger partial charge in [-0.3, -0.25) is 14.5 Å². The number of benzene rings is 2. The van der Waals surface area contributed by atoms with Crippen molar-refractivity contribution in [1.29, 1.82) is 0 Å². The standard InChI is InChI=1S/C28H36N4O5S/c1-21-8-7-9-23(16-21)31-15-14-29(18-22(31)2)27(33)19-32-25-17-24(10-11-26(25)37-20-28(32)34)38(35,36)30-12-5-3-4-6-13-30/h7-11,16-17,22H,3-6,12-15,18-20H2,1-2H3/t22-/m0/s1. The third-order valence-corrected chi connectivity index (χ3v) is 9.58. The lowest BCUT2D eigenvalue weighted by atomic mass is 10.1. The van der Waals surface area contributed by atoms with Crippen molar-refractivity contribution in [2.45, 2.75) is 50.5 Å². The summed E-state index contributed by atoms with van der Waals surface area (Å²) < 4.78 is 33.9. The van der Waals surface area contributed by atoms with Gasteiger partial charge in [0.1, 0.15) is 12.3 Å². The van der Waals surface area contributed by atoms with E-state index in [9.17, 15) is 18.0 Å². The van der Waals surface area contributed by atoms with Crippen LogP contribution in [-0.4, -0.2) is 81.4 Å². The fourth-order valence-electron chi connectivity index (χ4n) is 5.56. The number of ether oxygens (including phenoxy) is 1. The molecule has 2 aromatic carbocycles. The number of rotatable bonds is 5. The van der Waals surface area contributed by atoms with Gasteiger partial charge in [-0.05, 0) is 62.6 Å². The highest BCUT2D eigenvalue weighted by Crippen LogP contribution is 2.35. The Balaban J connectivity index is 1.32. The number of nitrogens with zero attached hydrogens (tertiary/aromatic N) is 4. The number of hydrogen-bond donors (Lipinski definition) is 0. The number of amides is 2. The van der Waals surface area contributed by atoms with Gasteiger partial charge in [-0.1, -0.05) is 25.0 Å². The van der Waals surface area contributed by atoms with Crippen LogP contribution in [0, 0.1) is 6.92 Å². The molecule has 3 aliphatic rings. The van der Waals surface area contributed by atoms with E-state index in [2.05, 4.69) is 36.9 Å². The van der Waals surface area contributed by atoms with Crippen LogP contribution in [0.1, 0.15) is 38.2 Å². The molecule has 38 heavy (non-hydrogen) atoms. The molecular weight excluding hydrogens is 504 g/mol. The normalized spacial score (nSPS) is 21.1. The summed E-state index contributed by atoms with van der Waals surface area (Å²) in [5, 5.41) is 0. The first kappa shape index (κ1) is 26.5. The first-order chi connectivity index (χ1) is 18.2. The first-order valence-electron chi connectivity index (χ1n) is 13.4. The Morgan fingerprint density at radius 1 is 1.00 bits per heavy atom. The number of anilines is 2. The molecule has 9 nitrogen and oxygen atoms in total. The molecule has 204 valence electrons. The van der Waals surface area contributed by atoms with Crippen molar-refractivity contribution in [3.05, 3.63) is 48.0 Å². The summed E-state index contributed by atoms with van der Waals surface area (Å²) in [6.07, 6.45) is 3.71. The topological polar surface area (TPSA) is 90.5 Å². The van der Waals surface area contributed by atoms with E-state index in [1.165, 1.54) is 26.9 Å². The summed E-state index contributed by atoms with van der Waals surface area (Å²) in [7, 11) is -3.71. The molecule has 5 rings (SSSR count). The van der Waals surface area contributed by atoms with Gasteiger partial charge in [0.2, 0.25) is 15.9 Å². The summed E-state index contributed by atoms with van der Waals surface area (Å²) >= 11 is 0. The van der Waals surface area contributed by atoms with Gasteiger partial charge in [0.25, 0.3) is 5.91 Å². The molecule has 0 radical (unpaired) electrons. The molecule has 0 N–H and O–H groups in total. The van der Waals surface area contributed by atoms with Gasteiger partial charge >= 0.3 is 0 Å². The molecule has 10 heteroatoms. The number of sulfonamides is 1. The second-order valence-corrected chi connectivity index (χ2v) is 12.4. The zero-order valence-corrected chi connectivity index (χ0v) is 23.0. The summed E-state index contributed by atoms with van der Waals surface area (Å²) in [5.41, 5.74) is 2.66. The van der Waals surface area contributed by atoms with Gasteiger partial charge in [0.05, 0.1) is 10.6 Å². The Hall–Kier alpha value is -3.11. The van der Waals surface area contributed by atoms with Crippen LogP contribution in [0.15, 0.2) is 47.4 Å². The number of fused-ring (bicyclic) bond motifs is 1. The van der Waals surface area contributed by atoms with E-state index in [0.29, 0.717) is 44.2 Å². The summed E-state index contributed by atoms with van der Waals surface area (Å²) in [6.45, 7) is 6.59. The van der Waals surface area contributed by atoms with Gasteiger partial charge in [0, 0.05) is 44.5 Å². The van der Waals surface area contributed by atoms with Crippen molar-refractivity contribution >= 4 is 33.2 Å². The van der Waals surface area contributed by atoms with Crippen LogP contribution in [0.25, 0.3) is 0 Å². The third kappa shape index (κ3) is 5.37. The minimum Gasteiger partial charge on any atom is -0.482 e. The predicted molar refractivity (Wildman–Crippen MR) is 146 cm³/mol. The highest BCUT2D eigenvalue weighted by molar-refractivity contribution is 7.89. The first-order valence-corrected chi connectivity index (χ1v) is 14.9. The molecule has 2 saturated heterocycles. The smallest absolute Gasteiger partial charge is 0.265 e. The van der Waals surface area contributed by atoms with E-state index in [4.69, 9.17) is 4.74 Å². The van der Waals surface area contributed by atoms with Crippen LogP contribution < -0.4 is 14.5 Å². The van der Waals surface area contributed by atoms with E-state index in [0.717, 1.165) is 31.4 Å². The molecule has 0 bridgehead atoms. The summed E-state index contributed by atoms with van der Waals surface area (Å²) in [4.78, 5) is 31.8. The second kappa shape index (κ2) is 10.9. The van der Waals surface area contributed by atoms with Gasteiger partial charge in [0.15, 0.2) is 6.61 Å². The Morgan fingerprint density at radius 2 is 1.76 bits per heavy atom. The van der Waals surface area contributed by atoms with E-state index in [1.54, 1.807) is 11.0 Å². The Morgan fingerprint density at radius 3 is 2.47 bits per heavy atom. The highest BCUT2D eigenvalue weighted by atomic mass is 32.2. The minimum absolute atomic E-state index is 0.118. The molecule has 1 atom stereocenters. The second-order valence-electron chi connectivity index (χ2n) is 10.4.